The first-order valence-corrected chi connectivity index (χ1v) is 18.5. The van der Waals surface area contributed by atoms with E-state index in [0.29, 0.717) is 23.7 Å². The fraction of sp³-hybridized carbons (Fsp3) is 0.692. The van der Waals surface area contributed by atoms with Crippen molar-refractivity contribution in [1.29, 1.82) is 0 Å². The Morgan fingerprint density at radius 1 is 0.700 bits per heavy atom. The summed E-state index contributed by atoms with van der Waals surface area (Å²) in [5, 5.41) is 0. The fourth-order valence-corrected chi connectivity index (χ4v) is 6.95. The van der Waals surface area contributed by atoms with Gasteiger partial charge in [0.1, 0.15) is 0 Å². The number of hydrogen-bond acceptors (Lipinski definition) is 2. The Morgan fingerprint density at radius 3 is 1.23 bits per heavy atom. The van der Waals surface area contributed by atoms with Crippen molar-refractivity contribution < 1.29 is 8.85 Å². The van der Waals surface area contributed by atoms with Crippen LogP contribution in [0.5, 0.6) is 0 Å². The molecule has 0 amide bonds. The van der Waals surface area contributed by atoms with E-state index in [-0.39, 0.29) is 0 Å². The maximum Gasteiger partial charge on any atom is 0.241 e. The van der Waals surface area contributed by atoms with E-state index in [2.05, 4.69) is 80.1 Å². The van der Waals surface area contributed by atoms with Gasteiger partial charge in [-0.15, -0.1) is 0 Å². The average molecular weight is 447 g/mol. The lowest BCUT2D eigenvalue weighted by molar-refractivity contribution is 0.223. The van der Waals surface area contributed by atoms with E-state index < -0.39 is 16.6 Å². The molecule has 30 heavy (non-hydrogen) atoms. The molecule has 0 fully saturated rings. The van der Waals surface area contributed by atoms with E-state index in [9.17, 15) is 0 Å². The highest BCUT2D eigenvalue weighted by atomic mass is 28.4. The normalized spacial score (nSPS) is 28.5. The van der Waals surface area contributed by atoms with Crippen LogP contribution in [-0.4, -0.2) is 16.6 Å². The molecule has 170 valence electrons. The predicted octanol–water partition coefficient (Wildman–Crippen LogP) is 8.44. The van der Waals surface area contributed by atoms with Crippen LogP contribution in [0.4, 0.5) is 0 Å². The van der Waals surface area contributed by atoms with E-state index in [4.69, 9.17) is 8.85 Å². The minimum Gasteiger partial charge on any atom is -0.547 e. The van der Waals surface area contributed by atoms with Crippen LogP contribution < -0.4 is 0 Å². The zero-order chi connectivity index (χ0) is 23.0. The molecule has 4 heteroatoms. The van der Waals surface area contributed by atoms with Gasteiger partial charge in [-0.1, -0.05) is 24.3 Å². The monoisotopic (exact) mass is 446 g/mol. The summed E-state index contributed by atoms with van der Waals surface area (Å²) >= 11 is 0. The Hall–Kier alpha value is -1.01. The predicted molar refractivity (Wildman–Crippen MR) is 136 cm³/mol. The second-order valence-corrected chi connectivity index (χ2v) is 20.7. The maximum absolute atomic E-state index is 6.63. The Bertz CT molecular complexity index is 682. The zero-order valence-corrected chi connectivity index (χ0v) is 23.4. The summed E-state index contributed by atoms with van der Waals surface area (Å²) in [7, 11) is -3.31. The molecule has 0 heterocycles. The highest BCUT2D eigenvalue weighted by molar-refractivity contribution is 6.70. The molecule has 2 aliphatic carbocycles. The van der Waals surface area contributed by atoms with E-state index in [0.717, 1.165) is 12.8 Å². The molecule has 0 radical (unpaired) electrons. The minimum absolute atomic E-state index is 0.495. The third kappa shape index (κ3) is 6.49. The highest BCUT2D eigenvalue weighted by Crippen LogP contribution is 2.49. The van der Waals surface area contributed by atoms with Crippen molar-refractivity contribution in [3.05, 3.63) is 47.0 Å². The number of allylic oxidation sites excluding steroid dienone is 6. The van der Waals surface area contributed by atoms with E-state index >= 15 is 0 Å². The Kier molecular flexibility index (Phi) is 7.78. The van der Waals surface area contributed by atoms with Crippen molar-refractivity contribution in [2.75, 3.05) is 0 Å². The first-order valence-electron chi connectivity index (χ1n) is 11.7. The molecule has 0 saturated carbocycles. The molecule has 2 nitrogen and oxygen atoms in total. The van der Waals surface area contributed by atoms with Crippen molar-refractivity contribution >= 4 is 16.6 Å². The highest BCUT2D eigenvalue weighted by Gasteiger charge is 2.40. The second-order valence-electron chi connectivity index (χ2n) is 11.8. The molecule has 0 spiro atoms. The van der Waals surface area contributed by atoms with Gasteiger partial charge in [-0.2, -0.15) is 0 Å². The Labute approximate surface area is 188 Å². The van der Waals surface area contributed by atoms with Gasteiger partial charge in [-0.3, -0.25) is 0 Å². The van der Waals surface area contributed by atoms with Crippen molar-refractivity contribution in [2.45, 2.75) is 92.7 Å². The van der Waals surface area contributed by atoms with E-state index in [1.165, 1.54) is 46.7 Å². The van der Waals surface area contributed by atoms with Crippen molar-refractivity contribution in [3.8, 4) is 0 Å². The third-order valence-electron chi connectivity index (χ3n) is 6.67. The van der Waals surface area contributed by atoms with Crippen molar-refractivity contribution in [2.24, 2.45) is 23.7 Å². The fourth-order valence-electron chi connectivity index (χ4n) is 4.98. The first-order chi connectivity index (χ1) is 13.6. The zero-order valence-electron chi connectivity index (χ0n) is 21.4. The van der Waals surface area contributed by atoms with Crippen LogP contribution in [0.3, 0.4) is 0 Å². The molecule has 0 aromatic carbocycles. The molecular weight excluding hydrogens is 400 g/mol. The summed E-state index contributed by atoms with van der Waals surface area (Å²) in [6, 6.07) is 0. The van der Waals surface area contributed by atoms with Crippen molar-refractivity contribution in [1.82, 2.24) is 0 Å². The van der Waals surface area contributed by atoms with Crippen LogP contribution in [0.15, 0.2) is 47.0 Å². The molecule has 0 N–H and O–H groups in total. The van der Waals surface area contributed by atoms with Gasteiger partial charge in [0, 0.05) is 12.8 Å². The number of rotatable bonds is 7. The van der Waals surface area contributed by atoms with Gasteiger partial charge in [0.25, 0.3) is 0 Å². The molecule has 2 aliphatic rings. The number of hydrogen-bond donors (Lipinski definition) is 0. The van der Waals surface area contributed by atoms with Gasteiger partial charge in [-0.05, 0) is 115 Å². The van der Waals surface area contributed by atoms with Crippen LogP contribution in [0.2, 0.25) is 39.3 Å². The maximum atomic E-state index is 6.63. The smallest absolute Gasteiger partial charge is 0.241 e. The van der Waals surface area contributed by atoms with Gasteiger partial charge in [-0.25, -0.2) is 0 Å². The van der Waals surface area contributed by atoms with Gasteiger partial charge < -0.3 is 8.85 Å². The molecule has 0 aliphatic heterocycles. The average Bonchev–Trinajstić information content (AvgIpc) is 2.56. The van der Waals surface area contributed by atoms with Crippen molar-refractivity contribution in [3.63, 3.8) is 0 Å². The SMILES string of the molecule is C=C(C)C1CC(O[Si](C)(C)C)=C(C)C(C2CC(C(=C)C)CC(O[Si](C)(C)C)=C2C)C1. The molecule has 4 atom stereocenters. The van der Waals surface area contributed by atoms with Crippen LogP contribution in [0.25, 0.3) is 0 Å². The molecule has 0 aromatic heterocycles. The summed E-state index contributed by atoms with van der Waals surface area (Å²) in [6.45, 7) is 31.4. The van der Waals surface area contributed by atoms with E-state index in [1.54, 1.807) is 0 Å². The first kappa shape index (κ1) is 25.3. The second kappa shape index (κ2) is 9.24. The quantitative estimate of drug-likeness (QED) is 0.288. The van der Waals surface area contributed by atoms with Gasteiger partial charge in [0.15, 0.2) is 0 Å². The Balaban J connectivity index is 2.51. The molecule has 0 saturated heterocycles. The van der Waals surface area contributed by atoms with E-state index in [1.807, 2.05) is 0 Å². The molecule has 0 aromatic rings. The van der Waals surface area contributed by atoms with Gasteiger partial charge >= 0.3 is 0 Å². The summed E-state index contributed by atoms with van der Waals surface area (Å²) in [6.07, 6.45) is 4.37. The standard InChI is InChI=1S/C26H46O2Si2/c1-17(2)21-13-23(19(5)25(15-21)27-29(7,8)9)24-14-22(18(3)4)16-26(20(24)6)28-30(10,11)12/h21-24H,1,3,13-16H2,2,4-12H3. The largest absolute Gasteiger partial charge is 0.547 e. The van der Waals surface area contributed by atoms with Gasteiger partial charge in [0.05, 0.1) is 11.5 Å². The summed E-state index contributed by atoms with van der Waals surface area (Å²) in [5.41, 5.74) is 5.51. The lowest BCUT2D eigenvalue weighted by Gasteiger charge is -2.43. The molecule has 0 bridgehead atoms. The molecule has 2 rings (SSSR count). The van der Waals surface area contributed by atoms with Crippen LogP contribution in [0.1, 0.15) is 53.4 Å². The third-order valence-corrected chi connectivity index (χ3v) is 8.39. The summed E-state index contributed by atoms with van der Waals surface area (Å²) in [5.74, 6) is 4.49. The molecular formula is C26H46O2Si2. The Morgan fingerprint density at radius 2 is 1.00 bits per heavy atom. The van der Waals surface area contributed by atoms with Crippen LogP contribution in [0, 0.1) is 23.7 Å². The topological polar surface area (TPSA) is 18.5 Å². The molecule has 4 unspecified atom stereocenters. The summed E-state index contributed by atoms with van der Waals surface area (Å²) < 4.78 is 13.3. The minimum atomic E-state index is -1.66. The van der Waals surface area contributed by atoms with Gasteiger partial charge in [0.2, 0.25) is 16.6 Å². The summed E-state index contributed by atoms with van der Waals surface area (Å²) in [4.78, 5) is 0. The lowest BCUT2D eigenvalue weighted by atomic mass is 9.65. The van der Waals surface area contributed by atoms with Crippen LogP contribution >= 0.6 is 0 Å². The van der Waals surface area contributed by atoms with Crippen LogP contribution in [-0.2, 0) is 8.85 Å². The lowest BCUT2D eigenvalue weighted by Crippen LogP contribution is -2.35.